The fourth-order valence-electron chi connectivity index (χ4n) is 1.30. The number of H-pyrrole nitrogens is 1. The monoisotopic (exact) mass is 251 g/mol. The van der Waals surface area contributed by atoms with Gasteiger partial charge in [-0.2, -0.15) is 0 Å². The maximum absolute atomic E-state index is 11.7. The first-order valence-corrected chi connectivity index (χ1v) is 5.82. The fraction of sp³-hybridized carbons (Fsp3) is 0.417. The van der Waals surface area contributed by atoms with Crippen molar-refractivity contribution in [3.8, 4) is 0 Å². The normalized spacial score (nSPS) is 11.7. The highest BCUT2D eigenvalue weighted by Crippen LogP contribution is 1.94. The first kappa shape index (κ1) is 14.0. The van der Waals surface area contributed by atoms with Crippen LogP contribution in [0.15, 0.2) is 23.1 Å². The van der Waals surface area contributed by atoms with Crippen molar-refractivity contribution in [2.75, 3.05) is 6.54 Å². The van der Waals surface area contributed by atoms with Crippen LogP contribution >= 0.6 is 0 Å². The summed E-state index contributed by atoms with van der Waals surface area (Å²) in [5.41, 5.74) is 0.0324. The molecule has 6 heteroatoms. The molecular formula is C12H17N3O3. The van der Waals surface area contributed by atoms with Crippen molar-refractivity contribution in [3.63, 3.8) is 0 Å². The molecular weight excluding hydrogens is 234 g/mol. The molecule has 1 rings (SSSR count). The molecule has 0 aromatic carbocycles. The van der Waals surface area contributed by atoms with Crippen LogP contribution < -0.4 is 16.2 Å². The highest BCUT2D eigenvalue weighted by atomic mass is 16.2. The van der Waals surface area contributed by atoms with Gasteiger partial charge < -0.3 is 15.6 Å². The van der Waals surface area contributed by atoms with Crippen molar-refractivity contribution in [2.45, 2.75) is 26.3 Å². The van der Waals surface area contributed by atoms with Crippen molar-refractivity contribution in [1.29, 1.82) is 0 Å². The lowest BCUT2D eigenvalue weighted by atomic mass is 10.2. The number of hydrogen-bond donors (Lipinski definition) is 3. The Kier molecular flexibility index (Phi) is 5.10. The topological polar surface area (TPSA) is 91.1 Å². The summed E-state index contributed by atoms with van der Waals surface area (Å²) in [6.07, 6.45) is 2.15. The van der Waals surface area contributed by atoms with E-state index in [1.807, 2.05) is 6.92 Å². The lowest BCUT2D eigenvalue weighted by Gasteiger charge is -2.13. The van der Waals surface area contributed by atoms with E-state index in [0.717, 1.165) is 6.42 Å². The van der Waals surface area contributed by atoms with Crippen LogP contribution in [0.3, 0.4) is 0 Å². The first-order chi connectivity index (χ1) is 8.54. The van der Waals surface area contributed by atoms with Crippen molar-refractivity contribution >= 4 is 11.8 Å². The molecule has 0 saturated heterocycles. The fourth-order valence-corrected chi connectivity index (χ4v) is 1.30. The molecule has 0 saturated carbocycles. The summed E-state index contributed by atoms with van der Waals surface area (Å²) in [5, 5.41) is 5.24. The third-order valence-corrected chi connectivity index (χ3v) is 2.34. The molecule has 1 unspecified atom stereocenters. The van der Waals surface area contributed by atoms with Gasteiger partial charge in [0.2, 0.25) is 11.5 Å². The summed E-state index contributed by atoms with van der Waals surface area (Å²) < 4.78 is 0. The maximum atomic E-state index is 11.7. The summed E-state index contributed by atoms with van der Waals surface area (Å²) in [4.78, 5) is 36.5. The Morgan fingerprint density at radius 2 is 2.11 bits per heavy atom. The zero-order chi connectivity index (χ0) is 13.5. The van der Waals surface area contributed by atoms with Gasteiger partial charge in [-0.15, -0.1) is 0 Å². The molecule has 6 nitrogen and oxygen atoms in total. The van der Waals surface area contributed by atoms with Crippen molar-refractivity contribution in [2.24, 2.45) is 0 Å². The van der Waals surface area contributed by atoms with E-state index in [4.69, 9.17) is 0 Å². The van der Waals surface area contributed by atoms with E-state index in [9.17, 15) is 14.4 Å². The van der Waals surface area contributed by atoms with Crippen LogP contribution in [0.4, 0.5) is 0 Å². The second-order valence-electron chi connectivity index (χ2n) is 3.93. The molecule has 2 amide bonds. The standard InChI is InChI=1S/C12H17N3O3/c1-3-6-13-11(17)8(2)15-12(18)9-4-5-10(16)14-7-9/h4-5,7-8H,3,6H2,1-2H3,(H,13,17)(H,14,16)(H,15,18). The molecule has 1 heterocycles. The number of carbonyl (C=O) groups is 2. The second kappa shape index (κ2) is 6.58. The van der Waals surface area contributed by atoms with Crippen LogP contribution in [0.2, 0.25) is 0 Å². The number of aromatic amines is 1. The third-order valence-electron chi connectivity index (χ3n) is 2.34. The minimum absolute atomic E-state index is 0.227. The molecule has 0 aliphatic heterocycles. The van der Waals surface area contributed by atoms with Gasteiger partial charge in [0.1, 0.15) is 6.04 Å². The summed E-state index contributed by atoms with van der Waals surface area (Å²) in [6, 6.07) is 2.05. The maximum Gasteiger partial charge on any atom is 0.253 e. The third kappa shape index (κ3) is 4.04. The van der Waals surface area contributed by atoms with Gasteiger partial charge in [0.05, 0.1) is 5.56 Å². The highest BCUT2D eigenvalue weighted by molar-refractivity contribution is 5.97. The van der Waals surface area contributed by atoms with Gasteiger partial charge in [0, 0.05) is 18.8 Å². The number of nitrogens with one attached hydrogen (secondary N) is 3. The number of aromatic nitrogens is 1. The summed E-state index contributed by atoms with van der Waals surface area (Å²) in [5.74, 6) is -0.625. The largest absolute Gasteiger partial charge is 0.354 e. The number of carbonyl (C=O) groups excluding carboxylic acids is 2. The number of hydrogen-bond acceptors (Lipinski definition) is 3. The van der Waals surface area contributed by atoms with Gasteiger partial charge in [-0.25, -0.2) is 0 Å². The Balaban J connectivity index is 2.56. The molecule has 1 atom stereocenters. The van der Waals surface area contributed by atoms with Gasteiger partial charge in [0.25, 0.3) is 5.91 Å². The molecule has 3 N–H and O–H groups in total. The van der Waals surface area contributed by atoms with Crippen molar-refractivity contribution in [1.82, 2.24) is 15.6 Å². The second-order valence-corrected chi connectivity index (χ2v) is 3.93. The Morgan fingerprint density at radius 3 is 2.67 bits per heavy atom. The average Bonchev–Trinajstić information content (AvgIpc) is 2.36. The quantitative estimate of drug-likeness (QED) is 0.689. The van der Waals surface area contributed by atoms with Crippen LogP contribution in [-0.2, 0) is 4.79 Å². The molecule has 0 radical (unpaired) electrons. The minimum Gasteiger partial charge on any atom is -0.354 e. The van der Waals surface area contributed by atoms with Gasteiger partial charge in [0.15, 0.2) is 0 Å². The van der Waals surface area contributed by atoms with Crippen LogP contribution in [0.25, 0.3) is 0 Å². The molecule has 1 aromatic heterocycles. The van der Waals surface area contributed by atoms with Crippen molar-refractivity contribution < 1.29 is 9.59 Å². The molecule has 0 aliphatic carbocycles. The van der Waals surface area contributed by atoms with Gasteiger partial charge in [-0.05, 0) is 19.4 Å². The predicted molar refractivity (Wildman–Crippen MR) is 67.3 cm³/mol. The summed E-state index contributed by atoms with van der Waals surface area (Å²) >= 11 is 0. The predicted octanol–water partition coefficient (Wildman–Crippen LogP) is 0.0194. The average molecular weight is 251 g/mol. The SMILES string of the molecule is CCCNC(=O)C(C)NC(=O)c1ccc(=O)[nH]c1. The van der Waals surface area contributed by atoms with Gasteiger partial charge in [-0.3, -0.25) is 14.4 Å². The highest BCUT2D eigenvalue weighted by Gasteiger charge is 2.15. The molecule has 98 valence electrons. The first-order valence-electron chi connectivity index (χ1n) is 5.82. The summed E-state index contributed by atoms with van der Waals surface area (Å²) in [7, 11) is 0. The van der Waals surface area contributed by atoms with E-state index >= 15 is 0 Å². The van der Waals surface area contributed by atoms with E-state index < -0.39 is 11.9 Å². The van der Waals surface area contributed by atoms with Gasteiger partial charge >= 0.3 is 0 Å². The Hall–Kier alpha value is -2.11. The molecule has 0 aliphatic rings. The Morgan fingerprint density at radius 1 is 1.39 bits per heavy atom. The number of pyridine rings is 1. The van der Waals surface area contributed by atoms with E-state index in [1.54, 1.807) is 6.92 Å². The summed E-state index contributed by atoms with van der Waals surface area (Å²) in [6.45, 7) is 4.14. The van der Waals surface area contributed by atoms with E-state index in [0.29, 0.717) is 12.1 Å². The minimum atomic E-state index is -0.615. The van der Waals surface area contributed by atoms with Crippen LogP contribution in [0, 0.1) is 0 Å². The number of rotatable bonds is 5. The van der Waals surface area contributed by atoms with Crippen LogP contribution in [0.1, 0.15) is 30.6 Å². The smallest absolute Gasteiger partial charge is 0.253 e. The van der Waals surface area contributed by atoms with E-state index in [2.05, 4.69) is 15.6 Å². The molecule has 1 aromatic rings. The zero-order valence-electron chi connectivity index (χ0n) is 10.4. The molecule has 18 heavy (non-hydrogen) atoms. The lowest BCUT2D eigenvalue weighted by Crippen LogP contribution is -2.45. The lowest BCUT2D eigenvalue weighted by molar-refractivity contribution is -0.122. The van der Waals surface area contributed by atoms with Gasteiger partial charge in [-0.1, -0.05) is 6.92 Å². The zero-order valence-corrected chi connectivity index (χ0v) is 10.4. The number of amides is 2. The Bertz CT molecular complexity index is 461. The molecule has 0 spiro atoms. The van der Waals surface area contributed by atoms with Crippen LogP contribution in [0.5, 0.6) is 0 Å². The molecule has 0 fully saturated rings. The molecule has 0 bridgehead atoms. The Labute approximate surface area is 105 Å². The van der Waals surface area contributed by atoms with Crippen molar-refractivity contribution in [3.05, 3.63) is 34.2 Å². The van der Waals surface area contributed by atoms with Crippen LogP contribution in [-0.4, -0.2) is 29.4 Å². The van der Waals surface area contributed by atoms with E-state index in [-0.39, 0.29) is 11.5 Å². The van der Waals surface area contributed by atoms with E-state index in [1.165, 1.54) is 18.3 Å².